The van der Waals surface area contributed by atoms with Crippen LogP contribution >= 0.6 is 0 Å². The van der Waals surface area contributed by atoms with Crippen LogP contribution in [0.3, 0.4) is 0 Å². The summed E-state index contributed by atoms with van der Waals surface area (Å²) in [6.07, 6.45) is 0. The first kappa shape index (κ1) is 17.9. The fourth-order valence-electron chi connectivity index (χ4n) is 2.84. The highest BCUT2D eigenvalue weighted by molar-refractivity contribution is 5.89. The zero-order chi connectivity index (χ0) is 18.7. The summed E-state index contributed by atoms with van der Waals surface area (Å²) in [5.74, 6) is -0.249. The van der Waals surface area contributed by atoms with Gasteiger partial charge in [-0.3, -0.25) is 9.48 Å². The Morgan fingerprint density at radius 3 is 2.65 bits per heavy atom. The molecule has 0 atom stereocenters. The zero-order valence-corrected chi connectivity index (χ0v) is 14.8. The number of fused-ring (bicyclic) bond motifs is 1. The molecule has 2 heterocycles. The molecule has 0 saturated carbocycles. The van der Waals surface area contributed by atoms with Crippen LogP contribution in [-0.4, -0.2) is 33.2 Å². The monoisotopic (exact) mass is 359 g/mol. The highest BCUT2D eigenvalue weighted by Crippen LogP contribution is 2.16. The fraction of sp³-hybridized carbons (Fsp3) is 0.389. The summed E-state index contributed by atoms with van der Waals surface area (Å²) in [5, 5.41) is 9.82. The van der Waals surface area contributed by atoms with Crippen LogP contribution in [-0.2, 0) is 24.4 Å². The van der Waals surface area contributed by atoms with Crippen LogP contribution in [0.4, 0.5) is 14.9 Å². The second kappa shape index (κ2) is 7.55. The Morgan fingerprint density at radius 2 is 1.96 bits per heavy atom. The minimum atomic E-state index is -0.390. The number of hydrogen-bond acceptors (Lipinski definition) is 3. The van der Waals surface area contributed by atoms with E-state index in [0.29, 0.717) is 25.3 Å². The quantitative estimate of drug-likeness (QED) is 0.879. The van der Waals surface area contributed by atoms with Crippen LogP contribution in [0.1, 0.15) is 25.2 Å². The van der Waals surface area contributed by atoms with Gasteiger partial charge in [-0.15, -0.1) is 0 Å². The number of urea groups is 1. The number of carbonyl (C=O) groups excluding carboxylic acids is 2. The van der Waals surface area contributed by atoms with Gasteiger partial charge in [0.2, 0.25) is 5.91 Å². The summed E-state index contributed by atoms with van der Waals surface area (Å²) in [4.78, 5) is 25.9. The van der Waals surface area contributed by atoms with Crippen molar-refractivity contribution < 1.29 is 14.0 Å². The lowest BCUT2D eigenvalue weighted by molar-refractivity contribution is -0.136. The summed E-state index contributed by atoms with van der Waals surface area (Å²) in [5.41, 5.74) is 2.20. The molecular weight excluding hydrogens is 337 g/mol. The van der Waals surface area contributed by atoms with Gasteiger partial charge in [0, 0.05) is 18.2 Å². The largest absolute Gasteiger partial charge is 0.335 e. The van der Waals surface area contributed by atoms with Crippen molar-refractivity contribution in [3.8, 4) is 0 Å². The van der Waals surface area contributed by atoms with Crippen LogP contribution < -0.4 is 10.6 Å². The number of aromatic nitrogens is 2. The number of halogens is 1. The van der Waals surface area contributed by atoms with E-state index >= 15 is 0 Å². The molecule has 138 valence electrons. The van der Waals surface area contributed by atoms with Gasteiger partial charge in [-0.05, 0) is 30.3 Å². The third-order valence-electron chi connectivity index (χ3n) is 4.19. The SMILES string of the molecule is CC(C)C(=O)N1CCn2nc(CNC(=O)Nc3ccc(F)cc3)cc2C1. The molecule has 0 bridgehead atoms. The molecule has 1 aromatic heterocycles. The number of benzene rings is 1. The van der Waals surface area contributed by atoms with Crippen LogP contribution in [0.5, 0.6) is 0 Å². The molecule has 3 rings (SSSR count). The maximum absolute atomic E-state index is 12.9. The van der Waals surface area contributed by atoms with E-state index in [0.717, 1.165) is 11.4 Å². The molecule has 0 unspecified atom stereocenters. The minimum absolute atomic E-state index is 0.0271. The average molecular weight is 359 g/mol. The van der Waals surface area contributed by atoms with Crippen molar-refractivity contribution >= 4 is 17.6 Å². The maximum Gasteiger partial charge on any atom is 0.319 e. The standard InChI is InChI=1S/C18H22FN5O2/c1-12(2)17(25)23-7-8-24-16(11-23)9-15(22-24)10-20-18(26)21-14-5-3-13(19)4-6-14/h3-6,9,12H,7-8,10-11H2,1-2H3,(H2,20,21,26). The average Bonchev–Trinajstić information content (AvgIpc) is 3.03. The molecule has 1 aliphatic rings. The normalized spacial score (nSPS) is 13.5. The minimum Gasteiger partial charge on any atom is -0.335 e. The van der Waals surface area contributed by atoms with Crippen molar-refractivity contribution in [2.45, 2.75) is 33.5 Å². The molecule has 0 spiro atoms. The second-order valence-electron chi connectivity index (χ2n) is 6.58. The summed E-state index contributed by atoms with van der Waals surface area (Å²) in [6.45, 7) is 5.88. The Morgan fingerprint density at radius 1 is 1.23 bits per heavy atom. The van der Waals surface area contributed by atoms with Crippen molar-refractivity contribution in [2.24, 2.45) is 5.92 Å². The van der Waals surface area contributed by atoms with E-state index in [4.69, 9.17) is 0 Å². The van der Waals surface area contributed by atoms with Crippen molar-refractivity contribution in [1.29, 1.82) is 0 Å². The molecule has 2 aromatic rings. The van der Waals surface area contributed by atoms with E-state index in [9.17, 15) is 14.0 Å². The first-order valence-corrected chi connectivity index (χ1v) is 8.57. The van der Waals surface area contributed by atoms with Crippen molar-refractivity contribution in [3.63, 3.8) is 0 Å². The number of amides is 3. The topological polar surface area (TPSA) is 79.3 Å². The van der Waals surface area contributed by atoms with Gasteiger partial charge < -0.3 is 15.5 Å². The van der Waals surface area contributed by atoms with Crippen molar-refractivity contribution in [2.75, 3.05) is 11.9 Å². The van der Waals surface area contributed by atoms with Crippen LogP contribution in [0, 0.1) is 11.7 Å². The third-order valence-corrected chi connectivity index (χ3v) is 4.19. The van der Waals surface area contributed by atoms with Gasteiger partial charge in [0.25, 0.3) is 0 Å². The second-order valence-corrected chi connectivity index (χ2v) is 6.58. The number of nitrogens with one attached hydrogen (secondary N) is 2. The highest BCUT2D eigenvalue weighted by Gasteiger charge is 2.23. The van der Waals surface area contributed by atoms with Crippen LogP contribution in [0.15, 0.2) is 30.3 Å². The predicted molar refractivity (Wildman–Crippen MR) is 94.7 cm³/mol. The third kappa shape index (κ3) is 4.19. The van der Waals surface area contributed by atoms with E-state index in [1.54, 1.807) is 0 Å². The van der Waals surface area contributed by atoms with Gasteiger partial charge in [0.1, 0.15) is 5.82 Å². The Balaban J connectivity index is 1.54. The van der Waals surface area contributed by atoms with Gasteiger partial charge >= 0.3 is 6.03 Å². The maximum atomic E-state index is 12.9. The smallest absolute Gasteiger partial charge is 0.319 e. The molecule has 1 aliphatic heterocycles. The van der Waals surface area contributed by atoms with E-state index in [1.165, 1.54) is 24.3 Å². The van der Waals surface area contributed by atoms with Gasteiger partial charge in [-0.1, -0.05) is 13.8 Å². The molecule has 0 radical (unpaired) electrons. The van der Waals surface area contributed by atoms with Crippen molar-refractivity contribution in [3.05, 3.63) is 47.5 Å². The summed E-state index contributed by atoms with van der Waals surface area (Å²) in [6, 6.07) is 7.05. The number of anilines is 1. The number of rotatable bonds is 4. The molecule has 0 aliphatic carbocycles. The van der Waals surface area contributed by atoms with Gasteiger partial charge in [0.15, 0.2) is 0 Å². The first-order valence-electron chi connectivity index (χ1n) is 8.57. The Hall–Kier alpha value is -2.90. The Labute approximate surface area is 151 Å². The summed E-state index contributed by atoms with van der Waals surface area (Å²) in [7, 11) is 0. The van der Waals surface area contributed by atoms with Crippen LogP contribution in [0.2, 0.25) is 0 Å². The fourth-order valence-corrected chi connectivity index (χ4v) is 2.84. The lowest BCUT2D eigenvalue weighted by Gasteiger charge is -2.29. The highest BCUT2D eigenvalue weighted by atomic mass is 19.1. The molecule has 7 nitrogen and oxygen atoms in total. The van der Waals surface area contributed by atoms with Crippen molar-refractivity contribution in [1.82, 2.24) is 20.0 Å². The molecule has 0 saturated heterocycles. The van der Waals surface area contributed by atoms with Gasteiger partial charge in [0.05, 0.1) is 31.0 Å². The zero-order valence-electron chi connectivity index (χ0n) is 14.8. The van der Waals surface area contributed by atoms with Crippen LogP contribution in [0.25, 0.3) is 0 Å². The molecule has 3 amide bonds. The molecule has 8 heteroatoms. The molecule has 26 heavy (non-hydrogen) atoms. The Kier molecular flexibility index (Phi) is 5.20. The van der Waals surface area contributed by atoms with E-state index in [-0.39, 0.29) is 30.2 Å². The van der Waals surface area contributed by atoms with Gasteiger partial charge in [-0.25, -0.2) is 9.18 Å². The van der Waals surface area contributed by atoms with E-state index < -0.39 is 0 Å². The Bertz CT molecular complexity index is 800. The molecular formula is C18H22FN5O2. The number of hydrogen-bond donors (Lipinski definition) is 2. The van der Waals surface area contributed by atoms with E-state index in [1.807, 2.05) is 29.5 Å². The van der Waals surface area contributed by atoms with E-state index in [2.05, 4.69) is 15.7 Å². The predicted octanol–water partition coefficient (Wildman–Crippen LogP) is 2.34. The first-order chi connectivity index (χ1) is 12.4. The van der Waals surface area contributed by atoms with Gasteiger partial charge in [-0.2, -0.15) is 5.10 Å². The summed E-state index contributed by atoms with van der Waals surface area (Å²) < 4.78 is 14.7. The molecule has 2 N–H and O–H groups in total. The molecule has 0 fully saturated rings. The number of carbonyl (C=O) groups is 2. The lowest BCUT2D eigenvalue weighted by atomic mass is 10.1. The summed E-state index contributed by atoms with van der Waals surface area (Å²) >= 11 is 0. The number of nitrogens with zero attached hydrogens (tertiary/aromatic N) is 3. The molecule has 1 aromatic carbocycles. The lowest BCUT2D eigenvalue weighted by Crippen LogP contribution is -2.40.